The molecule has 2 aromatic rings. The van der Waals surface area contributed by atoms with Crippen LogP contribution in [-0.4, -0.2) is 32.4 Å². The number of carbonyl (C=O) groups is 1. The number of aryl methyl sites for hydroxylation is 2. The van der Waals surface area contributed by atoms with Crippen molar-refractivity contribution in [1.29, 1.82) is 5.26 Å². The average Bonchev–Trinajstić information content (AvgIpc) is 3.21. The van der Waals surface area contributed by atoms with Gasteiger partial charge in [-0.25, -0.2) is 4.98 Å². The molecule has 1 fully saturated rings. The molecule has 1 aliphatic rings. The minimum atomic E-state index is -0.783. The standard InChI is InChI=1S/C15H17N5O2S2/c1-8-12(24-9(2)17-8)13-19-20-14(22-13)23-6-11(21)18-15(3,7-16)10-4-5-10/h10H,4-6H2,1-3H3,(H,18,21). The van der Waals surface area contributed by atoms with Crippen molar-refractivity contribution in [3.05, 3.63) is 10.7 Å². The summed E-state index contributed by atoms with van der Waals surface area (Å²) in [5, 5.41) is 21.3. The van der Waals surface area contributed by atoms with E-state index >= 15 is 0 Å². The molecule has 0 aliphatic heterocycles. The molecule has 1 atom stereocenters. The van der Waals surface area contributed by atoms with Crippen molar-refractivity contribution >= 4 is 29.0 Å². The number of aromatic nitrogens is 3. The molecule has 2 aromatic heterocycles. The highest BCUT2D eigenvalue weighted by molar-refractivity contribution is 7.99. The maximum Gasteiger partial charge on any atom is 0.277 e. The van der Waals surface area contributed by atoms with Crippen LogP contribution >= 0.6 is 23.1 Å². The zero-order valence-corrected chi connectivity index (χ0v) is 15.3. The van der Waals surface area contributed by atoms with Crippen molar-refractivity contribution < 1.29 is 9.21 Å². The van der Waals surface area contributed by atoms with Gasteiger partial charge in [-0.3, -0.25) is 4.79 Å². The molecule has 126 valence electrons. The van der Waals surface area contributed by atoms with E-state index in [-0.39, 0.29) is 17.6 Å². The van der Waals surface area contributed by atoms with Gasteiger partial charge in [-0.15, -0.1) is 21.5 Å². The second-order valence-corrected chi connectivity index (χ2v) is 8.08. The molecule has 1 aliphatic carbocycles. The lowest BCUT2D eigenvalue weighted by molar-refractivity contribution is -0.119. The van der Waals surface area contributed by atoms with Crippen molar-refractivity contribution in [2.45, 2.75) is 44.4 Å². The van der Waals surface area contributed by atoms with Crippen LogP contribution in [0.3, 0.4) is 0 Å². The minimum absolute atomic E-state index is 0.131. The Labute approximate surface area is 147 Å². The lowest BCUT2D eigenvalue weighted by atomic mass is 9.98. The summed E-state index contributed by atoms with van der Waals surface area (Å²) in [6.07, 6.45) is 1.97. The number of rotatable bonds is 6. The number of nitrogens with one attached hydrogen (secondary N) is 1. The second-order valence-electron chi connectivity index (χ2n) is 5.95. The van der Waals surface area contributed by atoms with Crippen LogP contribution in [-0.2, 0) is 4.79 Å². The maximum atomic E-state index is 12.1. The number of nitrogens with zero attached hydrogens (tertiary/aromatic N) is 4. The number of nitriles is 1. The smallest absolute Gasteiger partial charge is 0.277 e. The van der Waals surface area contributed by atoms with E-state index in [1.807, 2.05) is 13.8 Å². The molecule has 2 heterocycles. The Kier molecular flexibility index (Phi) is 4.60. The lowest BCUT2D eigenvalue weighted by Crippen LogP contribution is -2.47. The van der Waals surface area contributed by atoms with Gasteiger partial charge in [0, 0.05) is 0 Å². The van der Waals surface area contributed by atoms with E-state index in [1.165, 1.54) is 11.3 Å². The van der Waals surface area contributed by atoms with Crippen LogP contribution in [0.15, 0.2) is 9.64 Å². The topological polar surface area (TPSA) is 105 Å². The molecule has 1 unspecified atom stereocenters. The Morgan fingerprint density at radius 2 is 2.25 bits per heavy atom. The van der Waals surface area contributed by atoms with Crippen LogP contribution in [0.1, 0.15) is 30.5 Å². The maximum absolute atomic E-state index is 12.1. The zero-order valence-electron chi connectivity index (χ0n) is 13.6. The SMILES string of the molecule is Cc1nc(C)c(-c2nnc(SCC(=O)NC(C)(C#N)C3CC3)o2)s1. The summed E-state index contributed by atoms with van der Waals surface area (Å²) in [7, 11) is 0. The van der Waals surface area contributed by atoms with Gasteiger partial charge in [0.1, 0.15) is 10.4 Å². The van der Waals surface area contributed by atoms with Crippen LogP contribution < -0.4 is 5.32 Å². The van der Waals surface area contributed by atoms with Crippen LogP contribution in [0, 0.1) is 31.1 Å². The van der Waals surface area contributed by atoms with Gasteiger partial charge in [-0.05, 0) is 39.5 Å². The highest BCUT2D eigenvalue weighted by atomic mass is 32.2. The van der Waals surface area contributed by atoms with Gasteiger partial charge < -0.3 is 9.73 Å². The van der Waals surface area contributed by atoms with Crippen LogP contribution in [0.4, 0.5) is 0 Å². The molecule has 3 rings (SSSR count). The quantitative estimate of drug-likeness (QED) is 0.787. The second kappa shape index (κ2) is 6.53. The highest BCUT2D eigenvalue weighted by Crippen LogP contribution is 2.39. The first-order valence-electron chi connectivity index (χ1n) is 7.54. The molecule has 24 heavy (non-hydrogen) atoms. The third-order valence-electron chi connectivity index (χ3n) is 3.86. The van der Waals surface area contributed by atoms with E-state index < -0.39 is 5.54 Å². The average molecular weight is 363 g/mol. The summed E-state index contributed by atoms with van der Waals surface area (Å²) < 4.78 is 5.60. The Morgan fingerprint density at radius 1 is 1.50 bits per heavy atom. The van der Waals surface area contributed by atoms with Crippen molar-refractivity contribution in [3.63, 3.8) is 0 Å². The van der Waals surface area contributed by atoms with Gasteiger partial charge >= 0.3 is 0 Å². The fourth-order valence-corrected chi connectivity index (χ4v) is 3.83. The first-order valence-corrected chi connectivity index (χ1v) is 9.34. The normalized spacial score (nSPS) is 16.4. The highest BCUT2D eigenvalue weighted by Gasteiger charge is 2.42. The molecule has 0 aromatic carbocycles. The van der Waals surface area contributed by atoms with Gasteiger partial charge in [0.05, 0.1) is 22.5 Å². The zero-order chi connectivity index (χ0) is 17.3. The third kappa shape index (κ3) is 3.60. The van der Waals surface area contributed by atoms with E-state index in [0.29, 0.717) is 11.1 Å². The fraction of sp³-hybridized carbons (Fsp3) is 0.533. The number of hydrogen-bond donors (Lipinski definition) is 1. The van der Waals surface area contributed by atoms with Crippen LogP contribution in [0.2, 0.25) is 0 Å². The first-order chi connectivity index (χ1) is 11.4. The number of thiazole rings is 1. The molecular formula is C15H17N5O2S2. The molecular weight excluding hydrogens is 346 g/mol. The van der Waals surface area contributed by atoms with E-state index in [1.54, 1.807) is 6.92 Å². The van der Waals surface area contributed by atoms with Crippen LogP contribution in [0.25, 0.3) is 10.8 Å². The van der Waals surface area contributed by atoms with Gasteiger partial charge in [0.2, 0.25) is 5.91 Å². The first kappa shape index (κ1) is 16.9. The third-order valence-corrected chi connectivity index (χ3v) is 5.74. The Bertz CT molecular complexity index is 805. The van der Waals surface area contributed by atoms with Gasteiger partial charge in [-0.1, -0.05) is 11.8 Å². The number of thioether (sulfide) groups is 1. The number of carbonyl (C=O) groups excluding carboxylic acids is 1. The van der Waals surface area contributed by atoms with Gasteiger partial charge in [0.15, 0.2) is 0 Å². The molecule has 7 nitrogen and oxygen atoms in total. The minimum Gasteiger partial charge on any atom is -0.410 e. The molecule has 1 N–H and O–H groups in total. The largest absolute Gasteiger partial charge is 0.410 e. The summed E-state index contributed by atoms with van der Waals surface area (Å²) in [6.45, 7) is 5.58. The van der Waals surface area contributed by atoms with E-state index in [4.69, 9.17) is 4.42 Å². The Balaban J connectivity index is 1.58. The monoisotopic (exact) mass is 363 g/mol. The molecule has 0 bridgehead atoms. The molecule has 0 radical (unpaired) electrons. The van der Waals surface area contributed by atoms with Crippen molar-refractivity contribution in [3.8, 4) is 16.8 Å². The molecule has 1 saturated carbocycles. The fourth-order valence-electron chi connectivity index (χ4n) is 2.42. The van der Waals surface area contributed by atoms with Crippen LogP contribution in [0.5, 0.6) is 0 Å². The van der Waals surface area contributed by atoms with Gasteiger partial charge in [-0.2, -0.15) is 5.26 Å². The number of amides is 1. The summed E-state index contributed by atoms with van der Waals surface area (Å²) in [5.74, 6) is 0.595. The summed E-state index contributed by atoms with van der Waals surface area (Å²) in [5.41, 5.74) is 0.0687. The van der Waals surface area contributed by atoms with Crippen molar-refractivity contribution in [2.24, 2.45) is 5.92 Å². The van der Waals surface area contributed by atoms with E-state index in [0.717, 1.165) is 40.2 Å². The van der Waals surface area contributed by atoms with E-state index in [2.05, 4.69) is 26.6 Å². The molecule has 9 heteroatoms. The van der Waals surface area contributed by atoms with Crippen molar-refractivity contribution in [1.82, 2.24) is 20.5 Å². The summed E-state index contributed by atoms with van der Waals surface area (Å²) >= 11 is 2.66. The summed E-state index contributed by atoms with van der Waals surface area (Å²) in [4.78, 5) is 17.3. The van der Waals surface area contributed by atoms with E-state index in [9.17, 15) is 10.1 Å². The molecule has 1 amide bonds. The predicted molar refractivity (Wildman–Crippen MR) is 90.5 cm³/mol. The predicted octanol–water partition coefficient (Wildman–Crippen LogP) is 2.71. The van der Waals surface area contributed by atoms with Gasteiger partial charge in [0.25, 0.3) is 11.1 Å². The number of hydrogen-bond acceptors (Lipinski definition) is 8. The lowest BCUT2D eigenvalue weighted by Gasteiger charge is -2.22. The molecule has 0 saturated heterocycles. The molecule has 0 spiro atoms. The summed E-state index contributed by atoms with van der Waals surface area (Å²) in [6, 6.07) is 2.21. The Hall–Kier alpha value is -1.92. The van der Waals surface area contributed by atoms with Crippen molar-refractivity contribution in [2.75, 3.05) is 5.75 Å². The Morgan fingerprint density at radius 3 is 2.83 bits per heavy atom.